The zero-order chi connectivity index (χ0) is 15.7. The molecule has 5 nitrogen and oxygen atoms in total. The minimum absolute atomic E-state index is 0.428. The Morgan fingerprint density at radius 1 is 1.27 bits per heavy atom. The van der Waals surface area contributed by atoms with E-state index in [2.05, 4.69) is 27.7 Å². The van der Waals surface area contributed by atoms with Crippen molar-refractivity contribution >= 4 is 0 Å². The van der Waals surface area contributed by atoms with Crippen molar-refractivity contribution in [3.63, 3.8) is 0 Å². The maximum absolute atomic E-state index is 10.3. The van der Waals surface area contributed by atoms with Gasteiger partial charge in [-0.1, -0.05) is 12.1 Å². The smallest absolute Gasteiger partial charge is 0.118 e. The first-order valence-corrected chi connectivity index (χ1v) is 7.64. The second kappa shape index (κ2) is 6.10. The number of likely N-dealkylation sites (tertiary alicyclic amines) is 1. The average molecular weight is 301 g/mol. The van der Waals surface area contributed by atoms with Gasteiger partial charge in [-0.05, 0) is 37.6 Å². The topological polar surface area (TPSA) is 50.5 Å². The first-order valence-electron chi connectivity index (χ1n) is 7.64. The van der Waals surface area contributed by atoms with Crippen LogP contribution in [0.4, 0.5) is 0 Å². The van der Waals surface area contributed by atoms with Crippen molar-refractivity contribution < 1.29 is 9.84 Å². The number of aliphatic hydroxyl groups is 1. The molecule has 22 heavy (non-hydrogen) atoms. The highest BCUT2D eigenvalue weighted by Gasteiger charge is 2.31. The summed E-state index contributed by atoms with van der Waals surface area (Å²) in [6.07, 6.45) is -0.465. The van der Waals surface area contributed by atoms with Gasteiger partial charge in [0, 0.05) is 25.3 Å². The van der Waals surface area contributed by atoms with Gasteiger partial charge in [-0.15, -0.1) is 0 Å². The van der Waals surface area contributed by atoms with Crippen molar-refractivity contribution in [1.82, 2.24) is 14.7 Å². The van der Waals surface area contributed by atoms with Gasteiger partial charge < -0.3 is 9.84 Å². The predicted octanol–water partition coefficient (Wildman–Crippen LogP) is 2.10. The first-order chi connectivity index (χ1) is 10.6. The summed E-state index contributed by atoms with van der Waals surface area (Å²) in [5, 5.41) is 14.9. The van der Waals surface area contributed by atoms with Gasteiger partial charge in [0.25, 0.3) is 0 Å². The number of rotatable bonds is 5. The maximum Gasteiger partial charge on any atom is 0.118 e. The maximum atomic E-state index is 10.3. The summed E-state index contributed by atoms with van der Waals surface area (Å²) in [4.78, 5) is 2.26. The molecular formula is C17H23N3O2. The third kappa shape index (κ3) is 3.00. The van der Waals surface area contributed by atoms with E-state index in [1.54, 1.807) is 7.11 Å². The van der Waals surface area contributed by atoms with Crippen LogP contribution >= 0.6 is 0 Å². The Morgan fingerprint density at radius 2 is 1.95 bits per heavy atom. The van der Waals surface area contributed by atoms with Crippen LogP contribution in [0.3, 0.4) is 0 Å². The van der Waals surface area contributed by atoms with E-state index in [1.807, 2.05) is 31.2 Å². The van der Waals surface area contributed by atoms with E-state index in [9.17, 15) is 5.11 Å². The lowest BCUT2D eigenvalue weighted by Crippen LogP contribution is -2.49. The van der Waals surface area contributed by atoms with Crippen molar-refractivity contribution in [2.45, 2.75) is 26.0 Å². The summed E-state index contributed by atoms with van der Waals surface area (Å²) in [5.41, 5.74) is 3.20. The van der Waals surface area contributed by atoms with Crippen LogP contribution in [0.5, 0.6) is 5.75 Å². The summed E-state index contributed by atoms with van der Waals surface area (Å²) in [6, 6.07) is 10.1. The molecule has 2 aromatic rings. The molecule has 0 radical (unpaired) electrons. The van der Waals surface area contributed by atoms with Gasteiger partial charge in [-0.2, -0.15) is 5.10 Å². The van der Waals surface area contributed by atoms with E-state index in [0.29, 0.717) is 12.6 Å². The number of nitrogens with zero attached hydrogens (tertiary/aromatic N) is 3. The van der Waals surface area contributed by atoms with Crippen molar-refractivity contribution in [3.05, 3.63) is 47.3 Å². The van der Waals surface area contributed by atoms with Gasteiger partial charge in [-0.25, -0.2) is 0 Å². The van der Waals surface area contributed by atoms with Crippen molar-refractivity contribution in [2.75, 3.05) is 26.7 Å². The van der Waals surface area contributed by atoms with Crippen LogP contribution in [-0.2, 0) is 0 Å². The molecule has 0 saturated carbocycles. The molecule has 5 heteroatoms. The number of methoxy groups -OCH3 is 1. The molecule has 0 unspecified atom stereocenters. The largest absolute Gasteiger partial charge is 0.497 e. The van der Waals surface area contributed by atoms with Gasteiger partial charge >= 0.3 is 0 Å². The van der Waals surface area contributed by atoms with Crippen LogP contribution in [0.15, 0.2) is 30.3 Å². The van der Waals surface area contributed by atoms with Gasteiger partial charge in [0.15, 0.2) is 0 Å². The third-order valence-corrected chi connectivity index (χ3v) is 4.26. The highest BCUT2D eigenvalue weighted by Crippen LogP contribution is 2.26. The van der Waals surface area contributed by atoms with Gasteiger partial charge in [0.1, 0.15) is 5.75 Å². The molecule has 1 fully saturated rings. The number of hydrogen-bond donors (Lipinski definition) is 1. The van der Waals surface area contributed by atoms with Crippen LogP contribution in [0.1, 0.15) is 29.1 Å². The van der Waals surface area contributed by atoms with Crippen LogP contribution in [0.25, 0.3) is 0 Å². The molecule has 1 saturated heterocycles. The Hall–Kier alpha value is -1.85. The Balaban J connectivity index is 1.54. The molecule has 0 spiro atoms. The molecule has 1 aliphatic heterocycles. The molecular weight excluding hydrogens is 278 g/mol. The normalized spacial score (nSPS) is 17.3. The fourth-order valence-electron chi connectivity index (χ4n) is 3.04. The number of aryl methyl sites for hydroxylation is 2. The van der Waals surface area contributed by atoms with Gasteiger partial charge in [0.05, 0.1) is 24.9 Å². The lowest BCUT2D eigenvalue weighted by Gasteiger charge is -2.40. The van der Waals surface area contributed by atoms with E-state index < -0.39 is 6.10 Å². The second-order valence-corrected chi connectivity index (χ2v) is 6.03. The van der Waals surface area contributed by atoms with E-state index in [-0.39, 0.29) is 0 Å². The summed E-state index contributed by atoms with van der Waals surface area (Å²) in [5.74, 6) is 0.810. The van der Waals surface area contributed by atoms with Crippen LogP contribution < -0.4 is 4.74 Å². The van der Waals surface area contributed by atoms with E-state index in [1.165, 1.54) is 5.69 Å². The number of β-amino-alcohol motifs (C(OH)–C–C–N with tert-alkyl or cyclic N) is 1. The second-order valence-electron chi connectivity index (χ2n) is 6.03. The SMILES string of the molecule is COc1ccc([C@H](O)CN2CC(n3nc(C)cc3C)C2)cc1. The summed E-state index contributed by atoms with van der Waals surface area (Å²) < 4.78 is 7.24. The Bertz CT molecular complexity index is 630. The van der Waals surface area contributed by atoms with Crippen LogP contribution in [0.2, 0.25) is 0 Å². The highest BCUT2D eigenvalue weighted by atomic mass is 16.5. The standard InChI is InChI=1S/C17H23N3O2/c1-12-8-13(2)20(18-12)15-9-19(10-15)11-17(21)14-4-6-16(22-3)7-5-14/h4-8,15,17,21H,9-11H2,1-3H3/t17-/m1/s1. The molecule has 1 aliphatic rings. The Morgan fingerprint density at radius 3 is 2.50 bits per heavy atom. The molecule has 3 rings (SSSR count). The highest BCUT2D eigenvalue weighted by molar-refractivity contribution is 5.28. The van der Waals surface area contributed by atoms with E-state index >= 15 is 0 Å². The van der Waals surface area contributed by atoms with E-state index in [4.69, 9.17) is 4.74 Å². The van der Waals surface area contributed by atoms with Crippen LogP contribution in [-0.4, -0.2) is 46.5 Å². The Kier molecular flexibility index (Phi) is 4.18. The summed E-state index contributed by atoms with van der Waals surface area (Å²) in [7, 11) is 1.64. The molecule has 0 aliphatic carbocycles. The quantitative estimate of drug-likeness (QED) is 0.919. The number of ether oxygens (including phenoxy) is 1. The summed E-state index contributed by atoms with van der Waals surface area (Å²) in [6.45, 7) is 6.65. The van der Waals surface area contributed by atoms with Crippen molar-refractivity contribution in [1.29, 1.82) is 0 Å². The zero-order valence-corrected chi connectivity index (χ0v) is 13.4. The molecule has 1 aromatic heterocycles. The van der Waals surface area contributed by atoms with E-state index in [0.717, 1.165) is 30.1 Å². The minimum Gasteiger partial charge on any atom is -0.497 e. The molecule has 2 heterocycles. The molecule has 0 amide bonds. The number of benzene rings is 1. The number of hydrogen-bond acceptors (Lipinski definition) is 4. The van der Waals surface area contributed by atoms with Gasteiger partial charge in [0.2, 0.25) is 0 Å². The molecule has 1 atom stereocenters. The van der Waals surface area contributed by atoms with Gasteiger partial charge in [-0.3, -0.25) is 9.58 Å². The minimum atomic E-state index is -0.465. The monoisotopic (exact) mass is 301 g/mol. The first kappa shape index (κ1) is 15.1. The van der Waals surface area contributed by atoms with Crippen molar-refractivity contribution in [2.24, 2.45) is 0 Å². The fourth-order valence-corrected chi connectivity index (χ4v) is 3.04. The molecule has 1 N–H and O–H groups in total. The zero-order valence-electron chi connectivity index (χ0n) is 13.4. The van der Waals surface area contributed by atoms with Crippen LogP contribution in [0, 0.1) is 13.8 Å². The molecule has 1 aromatic carbocycles. The molecule has 0 bridgehead atoms. The number of aliphatic hydroxyl groups excluding tert-OH is 1. The van der Waals surface area contributed by atoms with Crippen molar-refractivity contribution in [3.8, 4) is 5.75 Å². The lowest BCUT2D eigenvalue weighted by molar-refractivity contribution is 0.0393. The molecule has 118 valence electrons. The lowest BCUT2D eigenvalue weighted by atomic mass is 10.0. The summed E-state index contributed by atoms with van der Waals surface area (Å²) >= 11 is 0. The average Bonchev–Trinajstić information content (AvgIpc) is 2.80. The number of aromatic nitrogens is 2. The Labute approximate surface area is 131 Å². The predicted molar refractivity (Wildman–Crippen MR) is 85.1 cm³/mol. The fraction of sp³-hybridized carbons (Fsp3) is 0.471. The third-order valence-electron chi connectivity index (χ3n) is 4.26.